The summed E-state index contributed by atoms with van der Waals surface area (Å²) in [6, 6.07) is 6.24. The lowest BCUT2D eigenvalue weighted by Gasteiger charge is -2.44. The smallest absolute Gasteiger partial charge is 0.147 e. The van der Waals surface area contributed by atoms with Crippen molar-refractivity contribution in [2.24, 2.45) is 5.92 Å². The summed E-state index contributed by atoms with van der Waals surface area (Å²) in [5, 5.41) is 3.70. The van der Waals surface area contributed by atoms with Crippen molar-refractivity contribution in [1.82, 2.24) is 5.32 Å². The Morgan fingerprint density at radius 1 is 1.24 bits per heavy atom. The molecule has 21 heavy (non-hydrogen) atoms. The van der Waals surface area contributed by atoms with E-state index in [4.69, 9.17) is 0 Å². The van der Waals surface area contributed by atoms with Crippen molar-refractivity contribution >= 4 is 21.6 Å². The van der Waals surface area contributed by atoms with Crippen LogP contribution < -0.4 is 10.2 Å². The standard InChI is InChI=1S/C17H24BrFN2/c1-12-10-20-16(13-5-3-2-4-6-13)11-21(12)17-8-7-14(18)9-15(17)19/h7-9,12-13,16,20H,2-6,10-11H2,1H3. The highest BCUT2D eigenvalue weighted by Crippen LogP contribution is 2.31. The number of hydrogen-bond donors (Lipinski definition) is 1. The fraction of sp³-hybridized carbons (Fsp3) is 0.647. The van der Waals surface area contributed by atoms with E-state index in [2.05, 4.69) is 33.1 Å². The minimum Gasteiger partial charge on any atom is -0.364 e. The SMILES string of the molecule is CC1CNC(C2CCCCC2)CN1c1ccc(Br)cc1F. The molecule has 1 N–H and O–H groups in total. The second-order valence-corrected chi connectivity index (χ2v) is 7.43. The van der Waals surface area contributed by atoms with Crippen LogP contribution in [-0.2, 0) is 0 Å². The Morgan fingerprint density at radius 2 is 2.00 bits per heavy atom. The summed E-state index contributed by atoms with van der Waals surface area (Å²) in [6.45, 7) is 4.03. The third-order valence-electron chi connectivity index (χ3n) is 5.04. The van der Waals surface area contributed by atoms with Crippen molar-refractivity contribution < 1.29 is 4.39 Å². The highest BCUT2D eigenvalue weighted by molar-refractivity contribution is 9.10. The molecule has 1 aromatic rings. The van der Waals surface area contributed by atoms with E-state index in [9.17, 15) is 4.39 Å². The fourth-order valence-electron chi connectivity index (χ4n) is 3.79. The van der Waals surface area contributed by atoms with E-state index < -0.39 is 0 Å². The molecule has 3 rings (SSSR count). The van der Waals surface area contributed by atoms with E-state index in [-0.39, 0.29) is 5.82 Å². The van der Waals surface area contributed by atoms with Crippen LogP contribution in [0.3, 0.4) is 0 Å². The fourth-order valence-corrected chi connectivity index (χ4v) is 4.12. The number of nitrogens with one attached hydrogen (secondary N) is 1. The molecule has 2 atom stereocenters. The zero-order chi connectivity index (χ0) is 14.8. The highest BCUT2D eigenvalue weighted by Gasteiger charge is 2.32. The van der Waals surface area contributed by atoms with Crippen molar-refractivity contribution in [2.45, 2.75) is 51.1 Å². The van der Waals surface area contributed by atoms with Gasteiger partial charge in [-0.1, -0.05) is 35.2 Å². The summed E-state index contributed by atoms with van der Waals surface area (Å²) < 4.78 is 15.1. The minimum absolute atomic E-state index is 0.125. The predicted octanol–water partition coefficient (Wildman–Crippen LogP) is 4.34. The second-order valence-electron chi connectivity index (χ2n) is 6.51. The van der Waals surface area contributed by atoms with E-state index in [1.165, 1.54) is 32.1 Å². The zero-order valence-electron chi connectivity index (χ0n) is 12.6. The van der Waals surface area contributed by atoms with Crippen molar-refractivity contribution in [1.29, 1.82) is 0 Å². The van der Waals surface area contributed by atoms with Gasteiger partial charge in [0.2, 0.25) is 0 Å². The number of nitrogens with zero attached hydrogens (tertiary/aromatic N) is 1. The number of rotatable bonds is 2. The quantitative estimate of drug-likeness (QED) is 0.849. The molecular formula is C17H24BrFN2. The van der Waals surface area contributed by atoms with Gasteiger partial charge in [-0.3, -0.25) is 0 Å². The van der Waals surface area contributed by atoms with E-state index in [1.54, 1.807) is 6.07 Å². The topological polar surface area (TPSA) is 15.3 Å². The Balaban J connectivity index is 1.76. The normalized spacial score (nSPS) is 27.9. The first-order valence-electron chi connectivity index (χ1n) is 8.10. The van der Waals surface area contributed by atoms with Crippen molar-refractivity contribution in [3.05, 3.63) is 28.5 Å². The van der Waals surface area contributed by atoms with Gasteiger partial charge in [0, 0.05) is 29.6 Å². The van der Waals surface area contributed by atoms with Gasteiger partial charge in [-0.2, -0.15) is 0 Å². The second kappa shape index (κ2) is 6.66. The molecule has 1 aromatic carbocycles. The molecule has 1 aliphatic carbocycles. The molecule has 0 bridgehead atoms. The van der Waals surface area contributed by atoms with Crippen LogP contribution in [0.5, 0.6) is 0 Å². The van der Waals surface area contributed by atoms with Crippen LogP contribution in [0, 0.1) is 11.7 Å². The Labute approximate surface area is 135 Å². The number of anilines is 1. The largest absolute Gasteiger partial charge is 0.364 e. The Kier molecular flexibility index (Phi) is 4.85. The monoisotopic (exact) mass is 354 g/mol. The summed E-state index contributed by atoms with van der Waals surface area (Å²) in [5.41, 5.74) is 0.744. The van der Waals surface area contributed by atoms with Crippen LogP contribution in [-0.4, -0.2) is 25.2 Å². The van der Waals surface area contributed by atoms with E-state index in [0.29, 0.717) is 12.1 Å². The van der Waals surface area contributed by atoms with E-state index >= 15 is 0 Å². The van der Waals surface area contributed by atoms with Gasteiger partial charge in [0.05, 0.1) is 5.69 Å². The lowest BCUT2D eigenvalue weighted by molar-refractivity contribution is 0.244. The van der Waals surface area contributed by atoms with Crippen molar-refractivity contribution in [2.75, 3.05) is 18.0 Å². The molecule has 4 heteroatoms. The maximum Gasteiger partial charge on any atom is 0.147 e. The summed E-state index contributed by atoms with van der Waals surface area (Å²) in [7, 11) is 0. The maximum atomic E-state index is 14.3. The van der Waals surface area contributed by atoms with Gasteiger partial charge < -0.3 is 10.2 Å². The van der Waals surface area contributed by atoms with E-state index in [0.717, 1.165) is 29.2 Å². The summed E-state index contributed by atoms with van der Waals surface area (Å²) in [4.78, 5) is 2.25. The summed E-state index contributed by atoms with van der Waals surface area (Å²) in [5.74, 6) is 0.632. The molecule has 2 aliphatic rings. The Hall–Kier alpha value is -0.610. The molecule has 2 nitrogen and oxygen atoms in total. The van der Waals surface area contributed by atoms with Gasteiger partial charge in [0.1, 0.15) is 5.82 Å². The first-order valence-corrected chi connectivity index (χ1v) is 8.89. The van der Waals surface area contributed by atoms with Crippen LogP contribution in [0.4, 0.5) is 10.1 Å². The summed E-state index contributed by atoms with van der Waals surface area (Å²) in [6.07, 6.45) is 6.73. The number of piperazine rings is 1. The molecule has 2 unspecified atom stereocenters. The lowest BCUT2D eigenvalue weighted by atomic mass is 9.82. The molecule has 1 aliphatic heterocycles. The van der Waals surface area contributed by atoms with Crippen molar-refractivity contribution in [3.63, 3.8) is 0 Å². The van der Waals surface area contributed by atoms with Gasteiger partial charge in [-0.25, -0.2) is 4.39 Å². The van der Waals surface area contributed by atoms with E-state index in [1.807, 2.05) is 12.1 Å². The van der Waals surface area contributed by atoms with Gasteiger partial charge >= 0.3 is 0 Å². The van der Waals surface area contributed by atoms with Crippen LogP contribution in [0.1, 0.15) is 39.0 Å². The highest BCUT2D eigenvalue weighted by atomic mass is 79.9. The first kappa shape index (κ1) is 15.3. The average Bonchev–Trinajstić information content (AvgIpc) is 2.49. The molecule has 116 valence electrons. The average molecular weight is 355 g/mol. The van der Waals surface area contributed by atoms with Crippen LogP contribution in [0.2, 0.25) is 0 Å². The first-order chi connectivity index (χ1) is 10.1. The molecule has 0 amide bonds. The summed E-state index contributed by atoms with van der Waals surface area (Å²) >= 11 is 3.34. The molecule has 0 radical (unpaired) electrons. The number of hydrogen-bond acceptors (Lipinski definition) is 2. The zero-order valence-corrected chi connectivity index (χ0v) is 14.2. The van der Waals surface area contributed by atoms with Crippen LogP contribution >= 0.6 is 15.9 Å². The molecular weight excluding hydrogens is 331 g/mol. The molecule has 1 saturated carbocycles. The van der Waals surface area contributed by atoms with Gasteiger partial charge in [-0.15, -0.1) is 0 Å². The minimum atomic E-state index is -0.125. The predicted molar refractivity (Wildman–Crippen MR) is 89.3 cm³/mol. The molecule has 1 saturated heterocycles. The lowest BCUT2D eigenvalue weighted by Crippen LogP contribution is -2.58. The molecule has 2 fully saturated rings. The molecule has 0 aromatic heterocycles. The van der Waals surface area contributed by atoms with Gasteiger partial charge in [0.25, 0.3) is 0 Å². The Morgan fingerprint density at radius 3 is 2.71 bits per heavy atom. The van der Waals surface area contributed by atoms with Gasteiger partial charge in [-0.05, 0) is 43.9 Å². The van der Waals surface area contributed by atoms with Crippen LogP contribution in [0.25, 0.3) is 0 Å². The molecule has 0 spiro atoms. The maximum absolute atomic E-state index is 14.3. The third kappa shape index (κ3) is 3.42. The Bertz CT molecular complexity index is 488. The van der Waals surface area contributed by atoms with Crippen LogP contribution in [0.15, 0.2) is 22.7 Å². The van der Waals surface area contributed by atoms with Gasteiger partial charge in [0.15, 0.2) is 0 Å². The molecule has 1 heterocycles. The number of benzene rings is 1. The third-order valence-corrected chi connectivity index (χ3v) is 5.53. The number of halogens is 2. The van der Waals surface area contributed by atoms with Crippen molar-refractivity contribution in [3.8, 4) is 0 Å².